The maximum absolute atomic E-state index is 13.0. The summed E-state index contributed by atoms with van der Waals surface area (Å²) in [6, 6.07) is 4.01. The van der Waals surface area contributed by atoms with Crippen molar-refractivity contribution in [3.8, 4) is 0 Å². The van der Waals surface area contributed by atoms with E-state index in [0.717, 1.165) is 0 Å². The molecular weight excluding hydrogens is 249 g/mol. The number of rotatable bonds is 5. The summed E-state index contributed by atoms with van der Waals surface area (Å²) in [4.78, 5) is 28.5. The number of pyridine rings is 1. The molecule has 0 radical (unpaired) electrons. The lowest BCUT2D eigenvalue weighted by molar-refractivity contribution is -0.122. The summed E-state index contributed by atoms with van der Waals surface area (Å²) in [5.41, 5.74) is -0.000744. The van der Waals surface area contributed by atoms with Gasteiger partial charge in [0.1, 0.15) is 5.69 Å². The van der Waals surface area contributed by atoms with Gasteiger partial charge in [-0.25, -0.2) is 4.98 Å². The lowest BCUT2D eigenvalue weighted by atomic mass is 10.3. The fourth-order valence-electron chi connectivity index (χ4n) is 1.56. The number of amides is 2. The Kier molecular flexibility index (Phi) is 5.41. The fourth-order valence-corrected chi connectivity index (χ4v) is 1.56. The van der Waals surface area contributed by atoms with Crippen LogP contribution in [-0.4, -0.2) is 40.8 Å². The van der Waals surface area contributed by atoms with Crippen LogP contribution in [0, 0.1) is 5.95 Å². The number of nitrogens with zero attached hydrogens (tertiary/aromatic N) is 2. The lowest BCUT2D eigenvalue weighted by Crippen LogP contribution is -2.42. The van der Waals surface area contributed by atoms with Crippen molar-refractivity contribution in [3.05, 3.63) is 29.8 Å². The summed E-state index contributed by atoms with van der Waals surface area (Å²) in [6.07, 6.45) is 0. The maximum atomic E-state index is 13.0. The Morgan fingerprint density at radius 1 is 1.42 bits per heavy atom. The van der Waals surface area contributed by atoms with Crippen LogP contribution in [0.3, 0.4) is 0 Å². The van der Waals surface area contributed by atoms with Crippen molar-refractivity contribution in [1.29, 1.82) is 0 Å². The topological polar surface area (TPSA) is 62.3 Å². The van der Waals surface area contributed by atoms with E-state index >= 15 is 0 Å². The highest BCUT2D eigenvalue weighted by Crippen LogP contribution is 2.03. The van der Waals surface area contributed by atoms with E-state index in [9.17, 15) is 14.0 Å². The first-order chi connectivity index (χ1) is 8.93. The van der Waals surface area contributed by atoms with Gasteiger partial charge < -0.3 is 10.2 Å². The number of likely N-dealkylation sites (N-methyl/N-ethyl adjacent to an activating group) is 1. The van der Waals surface area contributed by atoms with Gasteiger partial charge in [-0.05, 0) is 32.9 Å². The Labute approximate surface area is 111 Å². The summed E-state index contributed by atoms with van der Waals surface area (Å²) in [7, 11) is 0. The number of carbonyl (C=O) groups is 2. The number of hydrogen-bond donors (Lipinski definition) is 1. The van der Waals surface area contributed by atoms with Gasteiger partial charge >= 0.3 is 0 Å². The molecule has 6 heteroatoms. The van der Waals surface area contributed by atoms with E-state index in [1.165, 1.54) is 23.1 Å². The van der Waals surface area contributed by atoms with E-state index in [-0.39, 0.29) is 24.2 Å². The van der Waals surface area contributed by atoms with Crippen LogP contribution in [0.2, 0.25) is 0 Å². The van der Waals surface area contributed by atoms with Gasteiger partial charge in [0.25, 0.3) is 5.91 Å². The van der Waals surface area contributed by atoms with Gasteiger partial charge in [0.05, 0.1) is 6.54 Å². The molecular formula is C13H18FN3O2. The van der Waals surface area contributed by atoms with Crippen molar-refractivity contribution in [2.24, 2.45) is 0 Å². The monoisotopic (exact) mass is 267 g/mol. The number of halogens is 1. The van der Waals surface area contributed by atoms with Crippen LogP contribution in [0.25, 0.3) is 0 Å². The molecule has 0 unspecified atom stereocenters. The summed E-state index contributed by atoms with van der Waals surface area (Å²) < 4.78 is 13.0. The molecule has 5 nitrogen and oxygen atoms in total. The molecule has 0 spiro atoms. The minimum absolute atomic E-state index is 0.000744. The minimum Gasteiger partial charge on any atom is -0.352 e. The fraction of sp³-hybridized carbons (Fsp3) is 0.462. The average Bonchev–Trinajstić information content (AvgIpc) is 2.34. The van der Waals surface area contributed by atoms with Crippen molar-refractivity contribution < 1.29 is 14.0 Å². The average molecular weight is 267 g/mol. The Balaban J connectivity index is 2.74. The standard InChI is InChI=1S/C13H18FN3O2/c1-4-17(8-12(18)15-9(2)3)13(19)10-6-5-7-11(14)16-10/h5-7,9H,4,8H2,1-3H3,(H,15,18). The zero-order chi connectivity index (χ0) is 14.4. The number of nitrogens with one attached hydrogen (secondary N) is 1. The van der Waals surface area contributed by atoms with Crippen molar-refractivity contribution in [2.45, 2.75) is 26.8 Å². The second-order valence-corrected chi connectivity index (χ2v) is 4.39. The molecule has 19 heavy (non-hydrogen) atoms. The molecule has 0 saturated carbocycles. The van der Waals surface area contributed by atoms with E-state index in [2.05, 4.69) is 10.3 Å². The van der Waals surface area contributed by atoms with E-state index in [0.29, 0.717) is 6.54 Å². The molecule has 0 aliphatic heterocycles. The van der Waals surface area contributed by atoms with Crippen molar-refractivity contribution in [1.82, 2.24) is 15.2 Å². The van der Waals surface area contributed by atoms with Crippen LogP contribution >= 0.6 is 0 Å². The molecule has 0 saturated heterocycles. The number of aromatic nitrogens is 1. The first-order valence-corrected chi connectivity index (χ1v) is 6.15. The second-order valence-electron chi connectivity index (χ2n) is 4.39. The Bertz CT molecular complexity index is 463. The highest BCUT2D eigenvalue weighted by Gasteiger charge is 2.19. The zero-order valence-electron chi connectivity index (χ0n) is 11.3. The zero-order valence-corrected chi connectivity index (χ0v) is 11.3. The molecule has 1 aromatic heterocycles. The van der Waals surface area contributed by atoms with Crippen LogP contribution in [0.1, 0.15) is 31.3 Å². The first-order valence-electron chi connectivity index (χ1n) is 6.15. The third-order valence-electron chi connectivity index (χ3n) is 2.39. The molecule has 0 bridgehead atoms. The highest BCUT2D eigenvalue weighted by molar-refractivity contribution is 5.94. The van der Waals surface area contributed by atoms with Crippen LogP contribution in [0.15, 0.2) is 18.2 Å². The van der Waals surface area contributed by atoms with E-state index < -0.39 is 11.9 Å². The minimum atomic E-state index is -0.714. The van der Waals surface area contributed by atoms with Gasteiger partial charge in [-0.3, -0.25) is 9.59 Å². The summed E-state index contributed by atoms with van der Waals surface area (Å²) in [6.45, 7) is 5.71. The lowest BCUT2D eigenvalue weighted by Gasteiger charge is -2.20. The molecule has 0 aliphatic rings. The van der Waals surface area contributed by atoms with Crippen LogP contribution in [-0.2, 0) is 4.79 Å². The normalized spacial score (nSPS) is 10.4. The summed E-state index contributed by atoms with van der Waals surface area (Å²) >= 11 is 0. The molecule has 0 atom stereocenters. The predicted octanol–water partition coefficient (Wildman–Crippen LogP) is 1.21. The quantitative estimate of drug-likeness (QED) is 0.816. The van der Waals surface area contributed by atoms with E-state index in [4.69, 9.17) is 0 Å². The van der Waals surface area contributed by atoms with Crippen LogP contribution in [0.4, 0.5) is 4.39 Å². The molecule has 1 heterocycles. The van der Waals surface area contributed by atoms with E-state index in [1.807, 2.05) is 13.8 Å². The molecule has 0 aliphatic carbocycles. The van der Waals surface area contributed by atoms with E-state index in [1.54, 1.807) is 6.92 Å². The summed E-state index contributed by atoms with van der Waals surface area (Å²) in [5.74, 6) is -1.42. The molecule has 1 aromatic rings. The number of hydrogen-bond acceptors (Lipinski definition) is 3. The first kappa shape index (κ1) is 15.1. The molecule has 1 rings (SSSR count). The van der Waals surface area contributed by atoms with Gasteiger partial charge in [-0.15, -0.1) is 0 Å². The molecule has 0 fully saturated rings. The molecule has 0 aromatic carbocycles. The third kappa shape index (κ3) is 4.65. The molecule has 2 amide bonds. The maximum Gasteiger partial charge on any atom is 0.273 e. The third-order valence-corrected chi connectivity index (χ3v) is 2.39. The number of carbonyl (C=O) groups excluding carboxylic acids is 2. The van der Waals surface area contributed by atoms with Gasteiger partial charge in [0, 0.05) is 12.6 Å². The van der Waals surface area contributed by atoms with Gasteiger partial charge in [-0.2, -0.15) is 4.39 Å². The molecule has 104 valence electrons. The molecule has 1 N–H and O–H groups in total. The highest BCUT2D eigenvalue weighted by atomic mass is 19.1. The SMILES string of the molecule is CCN(CC(=O)NC(C)C)C(=O)c1cccc(F)n1. The van der Waals surface area contributed by atoms with Gasteiger partial charge in [0.2, 0.25) is 11.9 Å². The van der Waals surface area contributed by atoms with Gasteiger partial charge in [0.15, 0.2) is 0 Å². The van der Waals surface area contributed by atoms with Crippen LogP contribution in [0.5, 0.6) is 0 Å². The van der Waals surface area contributed by atoms with Crippen molar-refractivity contribution >= 4 is 11.8 Å². The Morgan fingerprint density at radius 2 is 2.11 bits per heavy atom. The Hall–Kier alpha value is -1.98. The van der Waals surface area contributed by atoms with Crippen molar-refractivity contribution in [2.75, 3.05) is 13.1 Å². The summed E-state index contributed by atoms with van der Waals surface area (Å²) in [5, 5.41) is 2.70. The smallest absolute Gasteiger partial charge is 0.273 e. The predicted molar refractivity (Wildman–Crippen MR) is 69.1 cm³/mol. The van der Waals surface area contributed by atoms with Crippen LogP contribution < -0.4 is 5.32 Å². The largest absolute Gasteiger partial charge is 0.352 e. The van der Waals surface area contributed by atoms with Gasteiger partial charge in [-0.1, -0.05) is 6.07 Å². The second kappa shape index (κ2) is 6.82. The van der Waals surface area contributed by atoms with Crippen molar-refractivity contribution in [3.63, 3.8) is 0 Å². The Morgan fingerprint density at radius 3 is 2.63 bits per heavy atom.